The van der Waals surface area contributed by atoms with E-state index in [4.69, 9.17) is 10.00 Å². The van der Waals surface area contributed by atoms with E-state index in [9.17, 15) is 4.79 Å². The molecule has 0 atom stereocenters. The number of ether oxygens (including phenoxy) is 1. The zero-order chi connectivity index (χ0) is 15.2. The number of hydrogen-bond donors (Lipinski definition) is 0. The minimum atomic E-state index is -0.0158. The summed E-state index contributed by atoms with van der Waals surface area (Å²) in [5.41, 5.74) is 0.952. The highest BCUT2D eigenvalue weighted by Gasteiger charge is 2.05. The van der Waals surface area contributed by atoms with Gasteiger partial charge in [0.1, 0.15) is 12.4 Å². The summed E-state index contributed by atoms with van der Waals surface area (Å²) in [7, 11) is 0. The molecule has 0 N–H and O–H groups in total. The Morgan fingerprint density at radius 1 is 1.24 bits per heavy atom. The van der Waals surface area contributed by atoms with E-state index >= 15 is 0 Å². The van der Waals surface area contributed by atoms with Crippen LogP contribution in [0.2, 0.25) is 0 Å². The fourth-order valence-electron chi connectivity index (χ4n) is 2.05. The Balaban J connectivity index is 1.90. The third kappa shape index (κ3) is 3.76. The van der Waals surface area contributed by atoms with E-state index in [1.807, 2.05) is 38.1 Å². The highest BCUT2D eigenvalue weighted by molar-refractivity contribution is 5.28. The van der Waals surface area contributed by atoms with Gasteiger partial charge in [0.05, 0.1) is 19.0 Å². The first-order valence-electron chi connectivity index (χ1n) is 6.98. The van der Waals surface area contributed by atoms with Crippen LogP contribution in [-0.4, -0.2) is 15.7 Å². The van der Waals surface area contributed by atoms with Crippen LogP contribution in [0.1, 0.15) is 25.5 Å². The van der Waals surface area contributed by atoms with Crippen LogP contribution in [0.4, 0.5) is 0 Å². The van der Waals surface area contributed by atoms with E-state index in [0.29, 0.717) is 19.6 Å². The molecule has 0 bridgehead atoms. The normalized spacial score (nSPS) is 10.6. The van der Waals surface area contributed by atoms with Gasteiger partial charge in [0.15, 0.2) is 0 Å². The lowest BCUT2D eigenvalue weighted by molar-refractivity contribution is 0.295. The molecule has 0 spiro atoms. The van der Waals surface area contributed by atoms with Gasteiger partial charge in [-0.15, -0.1) is 0 Å². The van der Waals surface area contributed by atoms with Crippen molar-refractivity contribution in [3.8, 4) is 11.8 Å². The molecule has 2 aromatic rings. The van der Waals surface area contributed by atoms with Crippen molar-refractivity contribution in [2.75, 3.05) is 6.61 Å². The average molecular weight is 285 g/mol. The average Bonchev–Trinajstić information content (AvgIpc) is 2.83. The summed E-state index contributed by atoms with van der Waals surface area (Å²) in [5.74, 6) is 0.744. The first kappa shape index (κ1) is 14.9. The topological polar surface area (TPSA) is 59.9 Å². The van der Waals surface area contributed by atoms with Crippen LogP contribution in [0.25, 0.3) is 0 Å². The summed E-state index contributed by atoms with van der Waals surface area (Å²) in [4.78, 5) is 12.0. The van der Waals surface area contributed by atoms with Gasteiger partial charge in [-0.1, -0.05) is 12.1 Å². The Kier molecular flexibility index (Phi) is 4.83. The zero-order valence-corrected chi connectivity index (χ0v) is 12.3. The molecule has 21 heavy (non-hydrogen) atoms. The Bertz CT molecular complexity index is 675. The van der Waals surface area contributed by atoms with Crippen LogP contribution in [0.3, 0.4) is 0 Å². The maximum atomic E-state index is 12.0. The molecule has 0 fully saturated rings. The molecule has 0 unspecified atom stereocenters. The van der Waals surface area contributed by atoms with Crippen molar-refractivity contribution in [3.05, 3.63) is 52.7 Å². The van der Waals surface area contributed by atoms with Gasteiger partial charge in [0, 0.05) is 18.4 Å². The van der Waals surface area contributed by atoms with Gasteiger partial charge >= 0.3 is 5.69 Å². The predicted molar refractivity (Wildman–Crippen MR) is 80.3 cm³/mol. The van der Waals surface area contributed by atoms with Crippen molar-refractivity contribution < 1.29 is 4.74 Å². The molecule has 1 aromatic heterocycles. The lowest BCUT2D eigenvalue weighted by Gasteiger charge is -2.07. The number of benzene rings is 1. The highest BCUT2D eigenvalue weighted by atomic mass is 16.5. The van der Waals surface area contributed by atoms with Crippen molar-refractivity contribution in [3.63, 3.8) is 0 Å². The molecule has 5 nitrogen and oxygen atoms in total. The number of hydrogen-bond acceptors (Lipinski definition) is 3. The van der Waals surface area contributed by atoms with Crippen molar-refractivity contribution in [1.82, 2.24) is 9.13 Å². The summed E-state index contributed by atoms with van der Waals surface area (Å²) >= 11 is 0. The first-order valence-corrected chi connectivity index (χ1v) is 6.98. The smallest absolute Gasteiger partial charge is 0.328 e. The summed E-state index contributed by atoms with van der Waals surface area (Å²) in [6, 6.07) is 9.70. The second-order valence-electron chi connectivity index (χ2n) is 5.10. The second-order valence-corrected chi connectivity index (χ2v) is 5.10. The summed E-state index contributed by atoms with van der Waals surface area (Å²) in [6.07, 6.45) is 3.98. The Hall–Kier alpha value is -2.48. The summed E-state index contributed by atoms with van der Waals surface area (Å²) in [5, 5.41) is 8.61. The van der Waals surface area contributed by atoms with Gasteiger partial charge in [-0.25, -0.2) is 4.79 Å². The predicted octanol–water partition coefficient (Wildman–Crippen LogP) is 2.38. The molecular weight excluding hydrogens is 266 g/mol. The van der Waals surface area contributed by atoms with Gasteiger partial charge in [-0.3, -0.25) is 9.13 Å². The number of imidazole rings is 1. The minimum absolute atomic E-state index is 0.0158. The minimum Gasteiger partial charge on any atom is -0.492 e. The van der Waals surface area contributed by atoms with Crippen LogP contribution in [0.15, 0.2) is 41.5 Å². The third-order valence-corrected chi connectivity index (χ3v) is 3.24. The second kappa shape index (κ2) is 6.80. The molecule has 0 saturated heterocycles. The molecule has 0 aliphatic rings. The third-order valence-electron chi connectivity index (χ3n) is 3.24. The van der Waals surface area contributed by atoms with Crippen molar-refractivity contribution >= 4 is 0 Å². The molecule has 2 rings (SSSR count). The largest absolute Gasteiger partial charge is 0.492 e. The number of aromatic nitrogens is 2. The van der Waals surface area contributed by atoms with E-state index in [1.165, 1.54) is 0 Å². The van der Waals surface area contributed by atoms with E-state index in [-0.39, 0.29) is 11.7 Å². The quantitative estimate of drug-likeness (QED) is 0.818. The molecule has 1 heterocycles. The van der Waals surface area contributed by atoms with Crippen molar-refractivity contribution in [1.29, 1.82) is 5.26 Å². The van der Waals surface area contributed by atoms with Gasteiger partial charge < -0.3 is 4.74 Å². The molecule has 0 aliphatic heterocycles. The first-order chi connectivity index (χ1) is 10.1. The molecule has 0 amide bonds. The fourth-order valence-corrected chi connectivity index (χ4v) is 2.05. The van der Waals surface area contributed by atoms with Crippen LogP contribution < -0.4 is 10.4 Å². The van der Waals surface area contributed by atoms with E-state index in [0.717, 1.165) is 11.3 Å². The molecule has 0 radical (unpaired) electrons. The molecule has 5 heteroatoms. The summed E-state index contributed by atoms with van der Waals surface area (Å²) in [6.45, 7) is 4.90. The number of nitriles is 1. The van der Waals surface area contributed by atoms with Gasteiger partial charge in [0.25, 0.3) is 0 Å². The Labute approximate surface area is 124 Å². The lowest BCUT2D eigenvalue weighted by Crippen LogP contribution is -2.26. The Morgan fingerprint density at radius 2 is 1.95 bits per heavy atom. The maximum absolute atomic E-state index is 12.0. The fraction of sp³-hybridized carbons (Fsp3) is 0.375. The van der Waals surface area contributed by atoms with Crippen LogP contribution in [0.5, 0.6) is 5.75 Å². The molecule has 0 saturated carbocycles. The lowest BCUT2D eigenvalue weighted by atomic mass is 10.2. The Morgan fingerprint density at radius 3 is 2.52 bits per heavy atom. The monoisotopic (exact) mass is 285 g/mol. The maximum Gasteiger partial charge on any atom is 0.328 e. The van der Waals surface area contributed by atoms with Crippen LogP contribution in [-0.2, 0) is 13.0 Å². The highest BCUT2D eigenvalue weighted by Crippen LogP contribution is 2.12. The van der Waals surface area contributed by atoms with Crippen LogP contribution in [0, 0.1) is 11.3 Å². The van der Waals surface area contributed by atoms with Gasteiger partial charge in [0.2, 0.25) is 0 Å². The van der Waals surface area contributed by atoms with Crippen molar-refractivity contribution in [2.45, 2.75) is 32.9 Å². The summed E-state index contributed by atoms with van der Waals surface area (Å²) < 4.78 is 8.95. The molecule has 1 aromatic carbocycles. The van der Waals surface area contributed by atoms with Gasteiger partial charge in [-0.05, 0) is 31.5 Å². The molecule has 0 aliphatic carbocycles. The molecule has 110 valence electrons. The zero-order valence-electron chi connectivity index (χ0n) is 12.3. The van der Waals surface area contributed by atoms with E-state index in [1.54, 1.807) is 21.5 Å². The number of rotatable bonds is 6. The molecular formula is C16H19N3O2. The standard InChI is InChI=1S/C16H19N3O2/c1-13(2)19-10-9-18(16(19)20)11-12-21-15-5-3-14(4-6-15)7-8-17/h3-6,9-10,13H,7,11-12H2,1-2H3. The van der Waals surface area contributed by atoms with E-state index in [2.05, 4.69) is 6.07 Å². The van der Waals surface area contributed by atoms with Gasteiger partial charge in [-0.2, -0.15) is 5.26 Å². The number of nitrogens with zero attached hydrogens (tertiary/aromatic N) is 3. The van der Waals surface area contributed by atoms with Crippen LogP contribution >= 0.6 is 0 Å². The SMILES string of the molecule is CC(C)n1ccn(CCOc2ccc(CC#N)cc2)c1=O. The van der Waals surface area contributed by atoms with Crippen molar-refractivity contribution in [2.24, 2.45) is 0 Å². The van der Waals surface area contributed by atoms with E-state index < -0.39 is 0 Å².